The molecule has 2 N–H and O–H groups in total. The van der Waals surface area contributed by atoms with Crippen molar-refractivity contribution >= 4 is 22.0 Å². The maximum Gasteiger partial charge on any atom is 0.420 e. The summed E-state index contributed by atoms with van der Waals surface area (Å²) in [6.07, 6.45) is -5.80. The molecule has 0 fully saturated rings. The molecule has 0 aromatic heterocycles. The van der Waals surface area contributed by atoms with Crippen LogP contribution in [0, 0.1) is 5.92 Å². The predicted octanol–water partition coefficient (Wildman–Crippen LogP) is 4.36. The van der Waals surface area contributed by atoms with Crippen LogP contribution in [-0.4, -0.2) is 18.8 Å². The molecule has 1 atom stereocenters. The fourth-order valence-electron chi connectivity index (χ4n) is 1.87. The van der Waals surface area contributed by atoms with Gasteiger partial charge in [-0.2, -0.15) is 13.2 Å². The second-order valence-corrected chi connectivity index (χ2v) is 6.05. The van der Waals surface area contributed by atoms with Crippen molar-refractivity contribution in [3.05, 3.63) is 28.2 Å². The predicted molar refractivity (Wildman–Crippen MR) is 78.6 cm³/mol. The highest BCUT2D eigenvalue weighted by Gasteiger charge is 2.35. The number of amides is 1. The smallest absolute Gasteiger partial charge is 0.420 e. The van der Waals surface area contributed by atoms with Gasteiger partial charge in [-0.25, -0.2) is 4.79 Å². The Kier molecular flexibility index (Phi) is 6.52. The van der Waals surface area contributed by atoms with Gasteiger partial charge < -0.3 is 15.2 Å². The van der Waals surface area contributed by atoms with E-state index in [9.17, 15) is 18.0 Å². The number of carbonyl (C=O) groups is 1. The molecular formula is C14H17BrF3NO3. The van der Waals surface area contributed by atoms with Gasteiger partial charge in [-0.1, -0.05) is 29.8 Å². The molecule has 1 unspecified atom stereocenters. The molecule has 1 rings (SSSR count). The van der Waals surface area contributed by atoms with E-state index in [1.165, 1.54) is 12.1 Å². The van der Waals surface area contributed by atoms with E-state index in [1.54, 1.807) is 0 Å². The van der Waals surface area contributed by atoms with Crippen molar-refractivity contribution in [3.63, 3.8) is 0 Å². The maximum absolute atomic E-state index is 13.0. The van der Waals surface area contributed by atoms with Crippen molar-refractivity contribution in [3.8, 4) is 5.75 Å². The molecular weight excluding hydrogens is 367 g/mol. The van der Waals surface area contributed by atoms with Gasteiger partial charge in [-0.05, 0) is 30.5 Å². The van der Waals surface area contributed by atoms with E-state index < -0.39 is 23.9 Å². The quantitative estimate of drug-likeness (QED) is 0.793. The van der Waals surface area contributed by atoms with Crippen LogP contribution >= 0.6 is 15.9 Å². The number of ether oxygens (including phenoxy) is 2. The van der Waals surface area contributed by atoms with Crippen LogP contribution in [0.25, 0.3) is 0 Å². The van der Waals surface area contributed by atoms with E-state index in [4.69, 9.17) is 15.2 Å². The van der Waals surface area contributed by atoms with Crippen molar-refractivity contribution in [2.45, 2.75) is 32.5 Å². The first kappa shape index (κ1) is 18.6. The Hall–Kier alpha value is -1.44. The summed E-state index contributed by atoms with van der Waals surface area (Å²) in [5, 5.41) is 0. The summed E-state index contributed by atoms with van der Waals surface area (Å²) < 4.78 is 49.3. The van der Waals surface area contributed by atoms with Gasteiger partial charge >= 0.3 is 12.3 Å². The van der Waals surface area contributed by atoms with Crippen molar-refractivity contribution in [2.24, 2.45) is 11.7 Å². The zero-order valence-corrected chi connectivity index (χ0v) is 13.7. The summed E-state index contributed by atoms with van der Waals surface area (Å²) >= 11 is 2.99. The number of rotatable bonds is 6. The van der Waals surface area contributed by atoms with Gasteiger partial charge in [0.1, 0.15) is 18.5 Å². The molecule has 0 aliphatic rings. The van der Waals surface area contributed by atoms with Crippen LogP contribution in [0.4, 0.5) is 18.0 Å². The molecule has 0 aliphatic heterocycles. The van der Waals surface area contributed by atoms with Gasteiger partial charge in [0.15, 0.2) is 0 Å². The van der Waals surface area contributed by atoms with Crippen LogP contribution in [0.1, 0.15) is 25.8 Å². The lowest BCUT2D eigenvalue weighted by Gasteiger charge is -2.20. The highest BCUT2D eigenvalue weighted by Crippen LogP contribution is 2.38. The van der Waals surface area contributed by atoms with Gasteiger partial charge in [0, 0.05) is 4.47 Å². The molecule has 124 valence electrons. The van der Waals surface area contributed by atoms with E-state index in [0.29, 0.717) is 10.9 Å². The van der Waals surface area contributed by atoms with E-state index in [1.807, 2.05) is 13.8 Å². The van der Waals surface area contributed by atoms with E-state index in [2.05, 4.69) is 15.9 Å². The lowest BCUT2D eigenvalue weighted by Crippen LogP contribution is -2.29. The SMILES string of the molecule is CC(C)CC(COc1ccc(Br)cc1C(F)(F)F)OC(N)=O. The number of hydrogen-bond donors (Lipinski definition) is 1. The molecule has 0 saturated heterocycles. The molecule has 22 heavy (non-hydrogen) atoms. The molecule has 0 heterocycles. The number of nitrogens with two attached hydrogens (primary N) is 1. The third-order valence-corrected chi connectivity index (χ3v) is 3.18. The van der Waals surface area contributed by atoms with Gasteiger partial charge in [0.2, 0.25) is 0 Å². The molecule has 0 spiro atoms. The summed E-state index contributed by atoms with van der Waals surface area (Å²) in [5.41, 5.74) is 4.06. The minimum Gasteiger partial charge on any atom is -0.489 e. The van der Waals surface area contributed by atoms with Crippen LogP contribution in [-0.2, 0) is 10.9 Å². The molecule has 1 aromatic rings. The molecule has 1 amide bonds. The molecule has 0 radical (unpaired) electrons. The van der Waals surface area contributed by atoms with E-state index in [-0.39, 0.29) is 18.3 Å². The monoisotopic (exact) mass is 383 g/mol. The lowest BCUT2D eigenvalue weighted by molar-refractivity contribution is -0.139. The molecule has 0 bridgehead atoms. The highest BCUT2D eigenvalue weighted by molar-refractivity contribution is 9.10. The molecule has 4 nitrogen and oxygen atoms in total. The number of hydrogen-bond acceptors (Lipinski definition) is 3. The van der Waals surface area contributed by atoms with Crippen molar-refractivity contribution in [2.75, 3.05) is 6.61 Å². The Labute approximate surface area is 134 Å². The van der Waals surface area contributed by atoms with Gasteiger partial charge in [-0.3, -0.25) is 0 Å². The molecule has 0 saturated carbocycles. The summed E-state index contributed by atoms with van der Waals surface area (Å²) in [7, 11) is 0. The molecule has 1 aromatic carbocycles. The summed E-state index contributed by atoms with van der Waals surface area (Å²) in [4.78, 5) is 10.8. The second kappa shape index (κ2) is 7.71. The van der Waals surface area contributed by atoms with Crippen molar-refractivity contribution in [1.82, 2.24) is 0 Å². The summed E-state index contributed by atoms with van der Waals surface area (Å²) in [6.45, 7) is 3.57. The first-order chi connectivity index (χ1) is 10.1. The van der Waals surface area contributed by atoms with Crippen molar-refractivity contribution in [1.29, 1.82) is 0 Å². The first-order valence-electron chi connectivity index (χ1n) is 6.55. The zero-order chi connectivity index (χ0) is 16.9. The Morgan fingerprint density at radius 2 is 2.00 bits per heavy atom. The Morgan fingerprint density at radius 3 is 2.50 bits per heavy atom. The van der Waals surface area contributed by atoms with Gasteiger partial charge in [0.25, 0.3) is 0 Å². The fourth-order valence-corrected chi connectivity index (χ4v) is 2.23. The first-order valence-corrected chi connectivity index (χ1v) is 7.34. The third-order valence-electron chi connectivity index (χ3n) is 2.69. The minimum atomic E-state index is -4.54. The van der Waals surface area contributed by atoms with Crippen LogP contribution in [0.15, 0.2) is 22.7 Å². The second-order valence-electron chi connectivity index (χ2n) is 5.14. The number of carbonyl (C=O) groups excluding carboxylic acids is 1. The van der Waals surface area contributed by atoms with Crippen LogP contribution < -0.4 is 10.5 Å². The van der Waals surface area contributed by atoms with E-state index >= 15 is 0 Å². The summed E-state index contributed by atoms with van der Waals surface area (Å²) in [6, 6.07) is 3.59. The zero-order valence-electron chi connectivity index (χ0n) is 12.1. The fraction of sp³-hybridized carbons (Fsp3) is 0.500. The van der Waals surface area contributed by atoms with Crippen LogP contribution in [0.3, 0.4) is 0 Å². The standard InChI is InChI=1S/C14H17BrF3NO3/c1-8(2)5-10(22-13(19)20)7-21-12-4-3-9(15)6-11(12)14(16,17)18/h3-4,6,8,10H,5,7H2,1-2H3,(H2,19,20). The minimum absolute atomic E-state index is 0.167. The average molecular weight is 384 g/mol. The number of halogens is 4. The topological polar surface area (TPSA) is 61.6 Å². The van der Waals surface area contributed by atoms with Crippen LogP contribution in [0.5, 0.6) is 5.75 Å². The van der Waals surface area contributed by atoms with Crippen molar-refractivity contribution < 1.29 is 27.4 Å². The molecule has 8 heteroatoms. The largest absolute Gasteiger partial charge is 0.489 e. The Bertz CT molecular complexity index is 521. The number of primary amides is 1. The third kappa shape index (κ3) is 6.13. The van der Waals surface area contributed by atoms with Crippen LogP contribution in [0.2, 0.25) is 0 Å². The number of benzene rings is 1. The normalized spacial score (nSPS) is 13.0. The lowest BCUT2D eigenvalue weighted by atomic mass is 10.1. The Morgan fingerprint density at radius 1 is 1.36 bits per heavy atom. The molecule has 0 aliphatic carbocycles. The highest BCUT2D eigenvalue weighted by atomic mass is 79.9. The van der Waals surface area contributed by atoms with Gasteiger partial charge in [0.05, 0.1) is 5.56 Å². The van der Waals surface area contributed by atoms with Gasteiger partial charge in [-0.15, -0.1) is 0 Å². The Balaban J connectivity index is 2.87. The average Bonchev–Trinajstić information content (AvgIpc) is 2.34. The number of alkyl halides is 3. The van der Waals surface area contributed by atoms with E-state index in [0.717, 1.165) is 6.07 Å². The maximum atomic E-state index is 13.0. The summed E-state index contributed by atoms with van der Waals surface area (Å²) in [5.74, 6) is -0.155.